The van der Waals surface area contributed by atoms with Crippen LogP contribution in [0.4, 0.5) is 0 Å². The largest absolute Gasteiger partial charge is 0.497 e. The number of aromatic nitrogens is 2. The molecule has 0 aliphatic heterocycles. The number of carbonyl (C=O) groups excluding carboxylic acids is 1. The maximum Gasteiger partial charge on any atom is 0.180 e. The number of ether oxygens (including phenoxy) is 2. The Labute approximate surface area is 150 Å². The van der Waals surface area contributed by atoms with Crippen LogP contribution in [0.1, 0.15) is 17.3 Å². The van der Waals surface area contributed by atoms with Crippen LogP contribution in [0.2, 0.25) is 0 Å². The van der Waals surface area contributed by atoms with E-state index < -0.39 is 5.92 Å². The van der Waals surface area contributed by atoms with Gasteiger partial charge in [-0.05, 0) is 35.9 Å². The van der Waals surface area contributed by atoms with Gasteiger partial charge >= 0.3 is 0 Å². The minimum Gasteiger partial charge on any atom is -0.497 e. The van der Waals surface area contributed by atoms with Gasteiger partial charge < -0.3 is 14.5 Å². The summed E-state index contributed by atoms with van der Waals surface area (Å²) in [5, 5.41) is 9.43. The van der Waals surface area contributed by atoms with Crippen molar-refractivity contribution in [2.75, 3.05) is 14.2 Å². The summed E-state index contributed by atoms with van der Waals surface area (Å²) in [7, 11) is 3.11. The van der Waals surface area contributed by atoms with Gasteiger partial charge in [-0.25, -0.2) is 4.98 Å². The van der Waals surface area contributed by atoms with Gasteiger partial charge in [0, 0.05) is 6.07 Å². The normalized spacial score (nSPS) is 12.0. The van der Waals surface area contributed by atoms with Crippen LogP contribution in [0.3, 0.4) is 0 Å². The highest BCUT2D eigenvalue weighted by Crippen LogP contribution is 2.24. The smallest absolute Gasteiger partial charge is 0.180 e. The maximum absolute atomic E-state index is 12.5. The molecule has 0 saturated heterocycles. The number of allylic oxidation sites excluding steroid dienone is 1. The van der Waals surface area contributed by atoms with Gasteiger partial charge in [-0.1, -0.05) is 18.2 Å². The molecule has 1 heterocycles. The molecule has 1 aromatic heterocycles. The summed E-state index contributed by atoms with van der Waals surface area (Å²) in [6.45, 7) is 0. The molecule has 0 radical (unpaired) electrons. The summed E-state index contributed by atoms with van der Waals surface area (Å²) < 4.78 is 10.4. The van der Waals surface area contributed by atoms with Crippen LogP contribution in [-0.4, -0.2) is 30.0 Å². The number of carbonyl (C=O) groups is 1. The number of H-pyrrole nitrogens is 1. The van der Waals surface area contributed by atoms with Crippen molar-refractivity contribution in [1.82, 2.24) is 9.97 Å². The maximum atomic E-state index is 12.5. The molecule has 130 valence electrons. The highest BCUT2D eigenvalue weighted by atomic mass is 16.5. The number of benzene rings is 2. The lowest BCUT2D eigenvalue weighted by molar-refractivity contribution is -0.114. The predicted octanol–water partition coefficient (Wildman–Crippen LogP) is 3.47. The van der Waals surface area contributed by atoms with Crippen LogP contribution in [0.15, 0.2) is 48.5 Å². The van der Waals surface area contributed by atoms with Crippen molar-refractivity contribution in [3.63, 3.8) is 0 Å². The number of para-hydroxylation sites is 2. The van der Waals surface area contributed by atoms with E-state index in [9.17, 15) is 10.1 Å². The number of hydrogen-bond donors (Lipinski definition) is 1. The fraction of sp³-hybridized carbons (Fsp3) is 0.150. The molecule has 1 N–H and O–H groups in total. The molecule has 6 heteroatoms. The van der Waals surface area contributed by atoms with E-state index in [-0.39, 0.29) is 5.78 Å². The van der Waals surface area contributed by atoms with Gasteiger partial charge in [-0.3, -0.25) is 4.79 Å². The van der Waals surface area contributed by atoms with E-state index in [1.807, 2.05) is 30.3 Å². The van der Waals surface area contributed by atoms with E-state index in [2.05, 4.69) is 9.97 Å². The van der Waals surface area contributed by atoms with Crippen LogP contribution in [0.5, 0.6) is 11.5 Å². The van der Waals surface area contributed by atoms with Crippen molar-refractivity contribution in [3.05, 3.63) is 59.9 Å². The lowest BCUT2D eigenvalue weighted by Gasteiger charge is -2.06. The molecule has 6 nitrogen and oxygen atoms in total. The molecule has 26 heavy (non-hydrogen) atoms. The van der Waals surface area contributed by atoms with Gasteiger partial charge in [0.25, 0.3) is 0 Å². The molecule has 3 rings (SSSR count). The van der Waals surface area contributed by atoms with Crippen LogP contribution in [0, 0.1) is 11.3 Å². The Morgan fingerprint density at radius 2 is 1.88 bits per heavy atom. The average Bonchev–Trinajstić information content (AvgIpc) is 3.10. The van der Waals surface area contributed by atoms with E-state index >= 15 is 0 Å². The first-order valence-corrected chi connectivity index (χ1v) is 7.94. The zero-order chi connectivity index (χ0) is 18.5. The summed E-state index contributed by atoms with van der Waals surface area (Å²) in [5.74, 6) is 0.224. The number of imidazole rings is 1. The Balaban J connectivity index is 1.85. The number of ketones is 1. The van der Waals surface area contributed by atoms with Crippen molar-refractivity contribution in [1.29, 1.82) is 5.26 Å². The van der Waals surface area contributed by atoms with Gasteiger partial charge in [0.15, 0.2) is 11.7 Å². The Morgan fingerprint density at radius 3 is 2.50 bits per heavy atom. The van der Waals surface area contributed by atoms with Crippen LogP contribution in [0.25, 0.3) is 17.1 Å². The Kier molecular flexibility index (Phi) is 4.99. The summed E-state index contributed by atoms with van der Waals surface area (Å²) in [6, 6.07) is 14.7. The fourth-order valence-electron chi connectivity index (χ4n) is 2.57. The first-order valence-electron chi connectivity index (χ1n) is 7.94. The van der Waals surface area contributed by atoms with E-state index in [1.165, 1.54) is 6.08 Å². The molecule has 0 aliphatic carbocycles. The second-order valence-corrected chi connectivity index (χ2v) is 5.58. The topological polar surface area (TPSA) is 88.0 Å². The second kappa shape index (κ2) is 7.53. The Morgan fingerprint density at radius 1 is 1.19 bits per heavy atom. The molecule has 0 amide bonds. The Hall–Kier alpha value is -3.59. The molecule has 0 bridgehead atoms. The quantitative estimate of drug-likeness (QED) is 0.690. The van der Waals surface area contributed by atoms with Crippen LogP contribution in [-0.2, 0) is 4.79 Å². The van der Waals surface area contributed by atoms with Gasteiger partial charge in [0.1, 0.15) is 17.3 Å². The van der Waals surface area contributed by atoms with Crippen molar-refractivity contribution >= 4 is 22.9 Å². The van der Waals surface area contributed by atoms with E-state index in [0.29, 0.717) is 17.3 Å². The summed E-state index contributed by atoms with van der Waals surface area (Å²) in [5.41, 5.74) is 2.24. The zero-order valence-corrected chi connectivity index (χ0v) is 14.4. The van der Waals surface area contributed by atoms with E-state index in [4.69, 9.17) is 9.47 Å². The van der Waals surface area contributed by atoms with Crippen molar-refractivity contribution in [3.8, 4) is 17.6 Å². The van der Waals surface area contributed by atoms with E-state index in [0.717, 1.165) is 16.6 Å². The third-order valence-electron chi connectivity index (χ3n) is 3.91. The SMILES string of the molecule is COc1cc(/C=C/C(=O)C(C#N)c2nc3ccccc3[nH]2)cc(OC)c1. The van der Waals surface area contributed by atoms with Crippen LogP contribution < -0.4 is 9.47 Å². The first-order chi connectivity index (χ1) is 12.6. The predicted molar refractivity (Wildman–Crippen MR) is 98.0 cm³/mol. The number of methoxy groups -OCH3 is 2. The molecule has 0 saturated carbocycles. The first kappa shape index (κ1) is 17.2. The fourth-order valence-corrected chi connectivity index (χ4v) is 2.57. The highest BCUT2D eigenvalue weighted by Gasteiger charge is 2.21. The third-order valence-corrected chi connectivity index (χ3v) is 3.91. The number of nitrogens with one attached hydrogen (secondary N) is 1. The second-order valence-electron chi connectivity index (χ2n) is 5.58. The Bertz CT molecular complexity index is 959. The number of nitrogens with zero attached hydrogens (tertiary/aromatic N) is 2. The minimum absolute atomic E-state index is 0.339. The molecular weight excluding hydrogens is 330 g/mol. The average molecular weight is 347 g/mol. The van der Waals surface area contributed by atoms with E-state index in [1.54, 1.807) is 38.5 Å². The monoisotopic (exact) mass is 347 g/mol. The number of fused-ring (bicyclic) bond motifs is 1. The van der Waals surface area contributed by atoms with Crippen molar-refractivity contribution < 1.29 is 14.3 Å². The summed E-state index contributed by atoms with van der Waals surface area (Å²) in [4.78, 5) is 19.9. The van der Waals surface area contributed by atoms with Crippen molar-refractivity contribution in [2.24, 2.45) is 0 Å². The third kappa shape index (κ3) is 3.57. The number of rotatable bonds is 6. The molecule has 0 fully saturated rings. The molecule has 1 atom stereocenters. The molecular formula is C20H17N3O3. The lowest BCUT2D eigenvalue weighted by Crippen LogP contribution is -2.09. The molecule has 1 unspecified atom stereocenters. The molecule has 2 aromatic carbocycles. The number of aromatic amines is 1. The lowest BCUT2D eigenvalue weighted by atomic mass is 10.0. The van der Waals surface area contributed by atoms with Gasteiger partial charge in [0.2, 0.25) is 0 Å². The zero-order valence-electron chi connectivity index (χ0n) is 14.4. The summed E-state index contributed by atoms with van der Waals surface area (Å²) in [6.07, 6.45) is 3.00. The van der Waals surface area contributed by atoms with Gasteiger partial charge in [-0.15, -0.1) is 0 Å². The molecule has 3 aromatic rings. The van der Waals surface area contributed by atoms with Crippen LogP contribution >= 0.6 is 0 Å². The summed E-state index contributed by atoms with van der Waals surface area (Å²) >= 11 is 0. The van der Waals surface area contributed by atoms with Crippen molar-refractivity contribution in [2.45, 2.75) is 5.92 Å². The minimum atomic E-state index is -0.994. The molecule has 0 spiro atoms. The van der Waals surface area contributed by atoms with Gasteiger partial charge in [-0.2, -0.15) is 5.26 Å². The number of hydrogen-bond acceptors (Lipinski definition) is 5. The standard InChI is InChI=1S/C20H17N3O3/c1-25-14-9-13(10-15(11-14)26-2)7-8-19(24)16(12-21)20-22-17-5-3-4-6-18(17)23-20/h3-11,16H,1-2H3,(H,22,23)/b8-7+. The number of nitriles is 1. The highest BCUT2D eigenvalue weighted by molar-refractivity contribution is 6.00. The molecule has 0 aliphatic rings. The van der Waals surface area contributed by atoms with Gasteiger partial charge in [0.05, 0.1) is 31.3 Å².